The zero-order chi connectivity index (χ0) is 21.6. The van der Waals surface area contributed by atoms with Crippen LogP contribution in [-0.2, 0) is 18.8 Å². The average molecular weight is 424 g/mol. The minimum absolute atomic E-state index is 0.0673. The van der Waals surface area contributed by atoms with Crippen LogP contribution in [0.2, 0.25) is 0 Å². The zero-order valence-electron chi connectivity index (χ0n) is 17.0. The number of rotatable bonds is 9. The zero-order valence-corrected chi connectivity index (χ0v) is 18.2. The van der Waals surface area contributed by atoms with E-state index in [0.717, 1.165) is 12.8 Å². The van der Waals surface area contributed by atoms with E-state index in [9.17, 15) is 14.9 Å². The second kappa shape index (κ2) is 10.1. The van der Waals surface area contributed by atoms with Gasteiger partial charge in [0.05, 0.1) is 18.6 Å². The fourth-order valence-corrected chi connectivity index (χ4v) is 3.89. The van der Waals surface area contributed by atoms with E-state index in [1.807, 2.05) is 13.8 Å². The fraction of sp³-hybridized carbons (Fsp3) is 0.684. The number of nitrogens with zero attached hydrogens (tertiary/aromatic N) is 3. The largest absolute Gasteiger partial charge is 0.457 e. The first-order valence-corrected chi connectivity index (χ1v) is 10.2. The Morgan fingerprint density at radius 3 is 2.66 bits per heavy atom. The number of hydrogen-bond donors (Lipinski definition) is 1. The van der Waals surface area contributed by atoms with Crippen molar-refractivity contribution in [2.45, 2.75) is 64.9 Å². The molecule has 1 aromatic rings. The monoisotopic (exact) mass is 424 g/mol. The molecule has 1 unspecified atom stereocenters. The third-order valence-corrected chi connectivity index (χ3v) is 5.39. The highest BCUT2D eigenvalue weighted by molar-refractivity contribution is 7.09. The number of nitrogen functional groups attached to an aromatic ring is 1. The quantitative estimate of drug-likeness (QED) is 0.472. The van der Waals surface area contributed by atoms with E-state index < -0.39 is 29.5 Å². The summed E-state index contributed by atoms with van der Waals surface area (Å²) in [5.74, 6) is -0.538. The molecule has 2 heterocycles. The standard InChI is InChI=1S/C19H29N4O5P/c1-4-6-12(7-5-2)16(24)28-15-13(10-26-29)27-17(19(15,3)11-20)23-9-8-14(21)22-18(23)25/h8-9,12-13,15,17H,4-7,10,29H2,1-3H3,(H2,21,22,25)/t13-,15-,17-,19-/m1/s1. The van der Waals surface area contributed by atoms with Gasteiger partial charge >= 0.3 is 11.7 Å². The molecule has 9 nitrogen and oxygen atoms in total. The summed E-state index contributed by atoms with van der Waals surface area (Å²) < 4.78 is 18.1. The van der Waals surface area contributed by atoms with Crippen molar-refractivity contribution < 1.29 is 18.8 Å². The molecule has 1 saturated heterocycles. The van der Waals surface area contributed by atoms with E-state index in [0.29, 0.717) is 12.8 Å². The Balaban J connectivity index is 2.39. The number of nitrogens with two attached hydrogens (primary N) is 1. The molecule has 160 valence electrons. The van der Waals surface area contributed by atoms with Crippen molar-refractivity contribution in [3.63, 3.8) is 0 Å². The lowest BCUT2D eigenvalue weighted by molar-refractivity contribution is -0.161. The lowest BCUT2D eigenvalue weighted by Crippen LogP contribution is -2.43. The van der Waals surface area contributed by atoms with Gasteiger partial charge in [-0.15, -0.1) is 0 Å². The van der Waals surface area contributed by atoms with Gasteiger partial charge in [0.25, 0.3) is 0 Å². The second-order valence-corrected chi connectivity index (χ2v) is 7.76. The summed E-state index contributed by atoms with van der Waals surface area (Å²) in [7, 11) is 2.11. The number of hydrogen-bond acceptors (Lipinski definition) is 8. The van der Waals surface area contributed by atoms with Crippen molar-refractivity contribution in [3.8, 4) is 6.07 Å². The molecule has 1 fully saturated rings. The lowest BCUT2D eigenvalue weighted by Gasteiger charge is -2.30. The summed E-state index contributed by atoms with van der Waals surface area (Å²) in [6.45, 7) is 5.70. The molecule has 2 rings (SSSR count). The van der Waals surface area contributed by atoms with Gasteiger partial charge in [-0.2, -0.15) is 10.2 Å². The van der Waals surface area contributed by atoms with Gasteiger partial charge < -0.3 is 19.7 Å². The topological polar surface area (TPSA) is 129 Å². The van der Waals surface area contributed by atoms with Gasteiger partial charge in [0, 0.05) is 15.7 Å². The van der Waals surface area contributed by atoms with Crippen LogP contribution in [0.25, 0.3) is 0 Å². The van der Waals surface area contributed by atoms with Gasteiger partial charge in [-0.25, -0.2) is 4.79 Å². The molecule has 0 spiro atoms. The van der Waals surface area contributed by atoms with Gasteiger partial charge in [0.1, 0.15) is 17.3 Å². The fourth-order valence-electron chi connectivity index (χ4n) is 3.70. The second-order valence-electron chi connectivity index (χ2n) is 7.43. The Morgan fingerprint density at radius 1 is 1.48 bits per heavy atom. The molecule has 0 amide bonds. The SMILES string of the molecule is CCCC(CCC)C(=O)O[C@@H]1[C@@H](COP)O[C@@H](n2ccc(N)nc2=O)[C@]1(C)C#N. The summed E-state index contributed by atoms with van der Waals surface area (Å²) in [5, 5.41) is 9.99. The highest BCUT2D eigenvalue weighted by Gasteiger charge is 2.58. The van der Waals surface area contributed by atoms with E-state index >= 15 is 0 Å². The van der Waals surface area contributed by atoms with Crippen LogP contribution >= 0.6 is 9.47 Å². The highest BCUT2D eigenvalue weighted by Crippen LogP contribution is 2.46. The van der Waals surface area contributed by atoms with Crippen molar-refractivity contribution in [3.05, 3.63) is 22.7 Å². The molecular formula is C19H29N4O5P. The third kappa shape index (κ3) is 4.95. The van der Waals surface area contributed by atoms with Crippen LogP contribution in [-0.4, -0.2) is 34.3 Å². The molecule has 10 heteroatoms. The summed E-state index contributed by atoms with van der Waals surface area (Å²) in [6.07, 6.45) is 1.90. The van der Waals surface area contributed by atoms with Crippen molar-refractivity contribution in [1.29, 1.82) is 5.26 Å². The number of nitriles is 1. The molecular weight excluding hydrogens is 395 g/mol. The lowest BCUT2D eigenvalue weighted by atomic mass is 9.83. The first kappa shape index (κ1) is 23.3. The molecule has 29 heavy (non-hydrogen) atoms. The number of ether oxygens (including phenoxy) is 2. The van der Waals surface area contributed by atoms with Crippen LogP contribution in [0.15, 0.2) is 17.1 Å². The smallest absolute Gasteiger partial charge is 0.351 e. The highest BCUT2D eigenvalue weighted by atomic mass is 31.0. The Labute approximate surface area is 172 Å². The van der Waals surface area contributed by atoms with Gasteiger partial charge in [0.15, 0.2) is 12.3 Å². The normalized spacial score (nSPS) is 26.4. The average Bonchev–Trinajstić information content (AvgIpc) is 2.94. The molecule has 2 N–H and O–H groups in total. The van der Waals surface area contributed by atoms with Crippen LogP contribution in [0.4, 0.5) is 5.82 Å². The van der Waals surface area contributed by atoms with Crippen LogP contribution in [0.1, 0.15) is 52.7 Å². The summed E-state index contributed by atoms with van der Waals surface area (Å²) >= 11 is 0. The molecule has 0 aromatic carbocycles. The van der Waals surface area contributed by atoms with E-state index in [1.54, 1.807) is 6.92 Å². The Morgan fingerprint density at radius 2 is 2.14 bits per heavy atom. The predicted octanol–water partition coefficient (Wildman–Crippen LogP) is 2.19. The maximum absolute atomic E-state index is 12.9. The van der Waals surface area contributed by atoms with Crippen molar-refractivity contribution in [2.24, 2.45) is 11.3 Å². The Bertz CT molecular complexity index is 805. The number of aromatic nitrogens is 2. The van der Waals surface area contributed by atoms with Crippen LogP contribution in [0.3, 0.4) is 0 Å². The maximum atomic E-state index is 12.9. The van der Waals surface area contributed by atoms with E-state index in [2.05, 4.69) is 20.5 Å². The van der Waals surface area contributed by atoms with Gasteiger partial charge in [0.2, 0.25) is 0 Å². The van der Waals surface area contributed by atoms with E-state index in [1.165, 1.54) is 16.8 Å². The van der Waals surface area contributed by atoms with Crippen LogP contribution in [0.5, 0.6) is 0 Å². The molecule has 0 bridgehead atoms. The molecule has 0 radical (unpaired) electrons. The van der Waals surface area contributed by atoms with Crippen molar-refractivity contribution >= 4 is 21.3 Å². The summed E-state index contributed by atoms with van der Waals surface area (Å²) in [5.41, 5.74) is 3.59. The first-order valence-electron chi connectivity index (χ1n) is 9.75. The van der Waals surface area contributed by atoms with E-state index in [-0.39, 0.29) is 24.3 Å². The molecule has 0 aliphatic carbocycles. The molecule has 1 aliphatic rings. The molecule has 5 atom stereocenters. The maximum Gasteiger partial charge on any atom is 0.351 e. The number of anilines is 1. The molecule has 0 saturated carbocycles. The van der Waals surface area contributed by atoms with Crippen molar-refractivity contribution in [2.75, 3.05) is 12.3 Å². The molecule has 1 aromatic heterocycles. The van der Waals surface area contributed by atoms with Crippen molar-refractivity contribution in [1.82, 2.24) is 9.55 Å². The van der Waals surface area contributed by atoms with Gasteiger partial charge in [-0.05, 0) is 25.8 Å². The first-order chi connectivity index (χ1) is 13.8. The number of esters is 1. The minimum atomic E-state index is -1.33. The third-order valence-electron chi connectivity index (χ3n) is 5.20. The van der Waals surface area contributed by atoms with Gasteiger partial charge in [-0.3, -0.25) is 9.36 Å². The number of carbonyl (C=O) groups excluding carboxylic acids is 1. The van der Waals surface area contributed by atoms with Crippen LogP contribution in [0, 0.1) is 22.7 Å². The van der Waals surface area contributed by atoms with E-state index in [4.69, 9.17) is 19.7 Å². The number of carbonyl (C=O) groups is 1. The summed E-state index contributed by atoms with van der Waals surface area (Å²) in [4.78, 5) is 28.9. The Hall–Kier alpha value is -2.01. The molecule has 1 aliphatic heterocycles. The summed E-state index contributed by atoms with van der Waals surface area (Å²) in [6, 6.07) is 3.64. The minimum Gasteiger partial charge on any atom is -0.457 e. The Kier molecular flexibility index (Phi) is 8.14. The van der Waals surface area contributed by atoms with Gasteiger partial charge in [-0.1, -0.05) is 26.7 Å². The predicted molar refractivity (Wildman–Crippen MR) is 109 cm³/mol. The van der Waals surface area contributed by atoms with Crippen LogP contribution < -0.4 is 11.4 Å².